The van der Waals surface area contributed by atoms with Gasteiger partial charge in [0.2, 0.25) is 0 Å². The molecule has 0 amide bonds. The van der Waals surface area contributed by atoms with Crippen LogP contribution in [0.4, 0.5) is 0 Å². The Morgan fingerprint density at radius 3 is 1.11 bits per heavy atom. The summed E-state index contributed by atoms with van der Waals surface area (Å²) >= 11 is 0. The summed E-state index contributed by atoms with van der Waals surface area (Å²) in [5.74, 6) is 2.24. The lowest BCUT2D eigenvalue weighted by atomic mass is 9.84. The van der Waals surface area contributed by atoms with Crippen molar-refractivity contribution in [3.63, 3.8) is 0 Å². The van der Waals surface area contributed by atoms with E-state index in [1.54, 1.807) is 12.4 Å². The summed E-state index contributed by atoms with van der Waals surface area (Å²) in [7, 11) is 0. The highest BCUT2D eigenvalue weighted by Crippen LogP contribution is 2.36. The van der Waals surface area contributed by atoms with Crippen LogP contribution in [0.1, 0.15) is 181 Å². The smallest absolute Gasteiger partial charge is 0.141 e. The van der Waals surface area contributed by atoms with E-state index >= 15 is 0 Å². The third-order valence-corrected chi connectivity index (χ3v) is 8.83. The van der Waals surface area contributed by atoms with Crippen molar-refractivity contribution in [2.24, 2.45) is 23.7 Å². The zero-order chi connectivity index (χ0) is 46.5. The second kappa shape index (κ2) is 37.1. The third-order valence-electron chi connectivity index (χ3n) is 8.83. The second-order valence-electron chi connectivity index (χ2n) is 17.3. The number of pyridine rings is 4. The zero-order valence-electron chi connectivity index (χ0n) is 41.5. The number of hydrogen-bond acceptors (Lipinski definition) is 7. The van der Waals surface area contributed by atoms with Gasteiger partial charge >= 0.3 is 0 Å². The molecule has 2 atom stereocenters. The van der Waals surface area contributed by atoms with Crippen LogP contribution in [0.2, 0.25) is 0 Å². The van der Waals surface area contributed by atoms with E-state index in [2.05, 4.69) is 127 Å². The molecule has 7 heteroatoms. The van der Waals surface area contributed by atoms with Gasteiger partial charge in [-0.25, -0.2) is 0 Å². The van der Waals surface area contributed by atoms with Gasteiger partial charge in [0.15, 0.2) is 0 Å². The minimum Gasteiger partial charge on any atom is -0.371 e. The summed E-state index contributed by atoms with van der Waals surface area (Å²) in [6.45, 7) is 28.0. The second-order valence-corrected chi connectivity index (χ2v) is 17.3. The SMILES string of the molecule is CC(C)COC(c1ccccc1)c1ccccn1.CC(C)COC(c1ccccn1)C1CCCCC1.CC(C)COC(c1ccccn1)c1ccccn1.CCC.CCC.CCC. The highest BCUT2D eigenvalue weighted by molar-refractivity contribution is 5.26. The van der Waals surface area contributed by atoms with E-state index in [0.717, 1.165) is 41.6 Å². The van der Waals surface area contributed by atoms with Crippen molar-refractivity contribution in [1.29, 1.82) is 0 Å². The highest BCUT2D eigenvalue weighted by atomic mass is 16.5. The average molecular weight is 863 g/mol. The largest absolute Gasteiger partial charge is 0.371 e. The summed E-state index contributed by atoms with van der Waals surface area (Å²) in [4.78, 5) is 17.7. The van der Waals surface area contributed by atoms with Crippen LogP contribution in [0.25, 0.3) is 0 Å². The van der Waals surface area contributed by atoms with Crippen molar-refractivity contribution in [3.8, 4) is 0 Å². The first-order valence-electron chi connectivity index (χ1n) is 24.1. The first-order chi connectivity index (χ1) is 30.6. The van der Waals surface area contributed by atoms with Gasteiger partial charge in [-0.3, -0.25) is 19.9 Å². The average Bonchev–Trinajstić information content (AvgIpc) is 3.30. The van der Waals surface area contributed by atoms with Gasteiger partial charge < -0.3 is 14.2 Å². The Bertz CT molecular complexity index is 1510. The molecule has 0 saturated heterocycles. The van der Waals surface area contributed by atoms with Crippen molar-refractivity contribution >= 4 is 0 Å². The molecule has 1 aliphatic rings. The maximum Gasteiger partial charge on any atom is 0.141 e. The lowest BCUT2D eigenvalue weighted by Crippen LogP contribution is -2.21. The molecule has 0 spiro atoms. The molecule has 4 aromatic heterocycles. The number of rotatable bonds is 15. The van der Waals surface area contributed by atoms with Crippen LogP contribution in [0.15, 0.2) is 128 Å². The van der Waals surface area contributed by atoms with Gasteiger partial charge in [0, 0.05) is 31.4 Å². The summed E-state index contributed by atoms with van der Waals surface area (Å²) in [6.07, 6.45) is 17.6. The molecule has 4 heterocycles. The Morgan fingerprint density at radius 1 is 0.413 bits per heavy atom. The van der Waals surface area contributed by atoms with Crippen molar-refractivity contribution in [2.75, 3.05) is 19.8 Å². The molecule has 2 unspecified atom stereocenters. The summed E-state index contributed by atoms with van der Waals surface area (Å²) in [5.41, 5.74) is 5.03. The van der Waals surface area contributed by atoms with Crippen LogP contribution in [-0.4, -0.2) is 39.8 Å². The van der Waals surface area contributed by atoms with Crippen LogP contribution in [0.5, 0.6) is 0 Å². The van der Waals surface area contributed by atoms with E-state index in [1.807, 2.05) is 91.3 Å². The monoisotopic (exact) mass is 863 g/mol. The maximum absolute atomic E-state index is 6.17. The van der Waals surface area contributed by atoms with Crippen LogP contribution < -0.4 is 0 Å². The fraction of sp³-hybridized carbons (Fsp3) is 0.536. The number of nitrogens with zero attached hydrogens (tertiary/aromatic N) is 4. The van der Waals surface area contributed by atoms with Gasteiger partial charge in [0.05, 0.1) is 36.0 Å². The third kappa shape index (κ3) is 26.2. The van der Waals surface area contributed by atoms with Crippen LogP contribution in [0.3, 0.4) is 0 Å². The lowest BCUT2D eigenvalue weighted by molar-refractivity contribution is -0.0166. The van der Waals surface area contributed by atoms with E-state index in [1.165, 1.54) is 51.4 Å². The molecule has 1 saturated carbocycles. The molecule has 0 radical (unpaired) electrons. The van der Waals surface area contributed by atoms with Gasteiger partial charge in [0.25, 0.3) is 0 Å². The molecule has 5 aromatic rings. The van der Waals surface area contributed by atoms with Crippen molar-refractivity contribution in [3.05, 3.63) is 156 Å². The minimum absolute atomic E-state index is 0.0743. The maximum atomic E-state index is 6.17. The number of aromatic nitrogens is 4. The van der Waals surface area contributed by atoms with E-state index in [-0.39, 0.29) is 18.3 Å². The molecule has 6 rings (SSSR count). The Labute approximate surface area is 385 Å². The lowest BCUT2D eigenvalue weighted by Gasteiger charge is -2.30. The summed E-state index contributed by atoms with van der Waals surface area (Å²) in [5, 5.41) is 0. The van der Waals surface area contributed by atoms with Crippen molar-refractivity contribution in [2.45, 2.75) is 153 Å². The van der Waals surface area contributed by atoms with E-state index in [4.69, 9.17) is 14.2 Å². The normalized spacial score (nSPS) is 13.1. The van der Waals surface area contributed by atoms with Gasteiger partial charge in [-0.1, -0.05) is 176 Å². The number of hydrogen-bond donors (Lipinski definition) is 0. The molecule has 0 aliphatic heterocycles. The van der Waals surface area contributed by atoms with Gasteiger partial charge in [-0.2, -0.15) is 0 Å². The molecule has 0 bridgehead atoms. The van der Waals surface area contributed by atoms with Gasteiger partial charge in [-0.05, 0) is 90.6 Å². The van der Waals surface area contributed by atoms with E-state index < -0.39 is 0 Å². The Kier molecular flexibility index (Phi) is 33.4. The van der Waals surface area contributed by atoms with E-state index in [9.17, 15) is 0 Å². The number of ether oxygens (including phenoxy) is 3. The molecular formula is C56H86N4O3. The molecular weight excluding hydrogens is 777 g/mol. The standard InChI is InChI=1S/C16H25NO.C16H19NO.C15H18N2O.3C3H8/c2*1-13(2)12-18-16(14-8-4-3-5-9-14)15-10-6-7-11-17-15;1-12(2)11-18-15(13-7-3-5-9-16-13)14-8-4-6-10-17-14;3*1-3-2/h6-7,10-11,13-14,16H,3-5,8-9,12H2,1-2H3;3-11,13,16H,12H2,1-2H3;3-10,12,15H,11H2,1-2H3;3*3H2,1-2H3. The molecule has 1 fully saturated rings. The topological polar surface area (TPSA) is 79.2 Å². The molecule has 63 heavy (non-hydrogen) atoms. The summed E-state index contributed by atoms with van der Waals surface area (Å²) < 4.78 is 18.1. The van der Waals surface area contributed by atoms with Gasteiger partial charge in [-0.15, -0.1) is 0 Å². The fourth-order valence-electron chi connectivity index (χ4n) is 6.21. The molecule has 0 N–H and O–H groups in total. The minimum atomic E-state index is -0.185. The Morgan fingerprint density at radius 2 is 0.746 bits per heavy atom. The Balaban J connectivity index is 0.000000430. The fourth-order valence-corrected chi connectivity index (χ4v) is 6.21. The van der Waals surface area contributed by atoms with E-state index in [0.29, 0.717) is 30.3 Å². The highest BCUT2D eigenvalue weighted by Gasteiger charge is 2.27. The molecule has 1 aromatic carbocycles. The van der Waals surface area contributed by atoms with Crippen molar-refractivity contribution in [1.82, 2.24) is 19.9 Å². The summed E-state index contributed by atoms with van der Waals surface area (Å²) in [6, 6.07) is 34.0. The molecule has 7 nitrogen and oxygen atoms in total. The number of benzene rings is 1. The van der Waals surface area contributed by atoms with Crippen LogP contribution in [0, 0.1) is 23.7 Å². The van der Waals surface area contributed by atoms with Gasteiger partial charge in [0.1, 0.15) is 18.3 Å². The molecule has 1 aliphatic carbocycles. The zero-order valence-corrected chi connectivity index (χ0v) is 41.5. The molecule has 348 valence electrons. The van der Waals surface area contributed by atoms with Crippen LogP contribution >= 0.6 is 0 Å². The Hall–Kier alpha value is -4.30. The predicted molar refractivity (Wildman–Crippen MR) is 267 cm³/mol. The first kappa shape index (κ1) is 56.7. The predicted octanol–water partition coefficient (Wildman–Crippen LogP) is 15.7. The van der Waals surface area contributed by atoms with Crippen molar-refractivity contribution < 1.29 is 14.2 Å². The first-order valence-corrected chi connectivity index (χ1v) is 24.1. The quantitative estimate of drug-likeness (QED) is 0.104. The van der Waals surface area contributed by atoms with Crippen LogP contribution in [-0.2, 0) is 14.2 Å².